The predicted molar refractivity (Wildman–Crippen MR) is 109 cm³/mol. The quantitative estimate of drug-likeness (QED) is 0.440. The van der Waals surface area contributed by atoms with Gasteiger partial charge in [0.05, 0.1) is 18.2 Å². The molecule has 0 saturated carbocycles. The van der Waals surface area contributed by atoms with E-state index in [1.54, 1.807) is 6.92 Å². The molecule has 0 radical (unpaired) electrons. The minimum Gasteiger partial charge on any atom is -0.755 e. The van der Waals surface area contributed by atoms with Gasteiger partial charge in [-0.1, -0.05) is 13.0 Å². The third-order valence-electron chi connectivity index (χ3n) is 4.55. The summed E-state index contributed by atoms with van der Waals surface area (Å²) in [5.74, 6) is -2.38. The van der Waals surface area contributed by atoms with E-state index in [0.29, 0.717) is 16.3 Å². The van der Waals surface area contributed by atoms with Crippen LogP contribution in [-0.2, 0) is 28.8 Å². The highest BCUT2D eigenvalue weighted by molar-refractivity contribution is 7.80. The number of nitrogens with zero attached hydrogens (tertiary/aromatic N) is 2. The van der Waals surface area contributed by atoms with Gasteiger partial charge in [-0.25, -0.2) is 9.37 Å². The molecule has 1 N–H and O–H groups in total. The van der Waals surface area contributed by atoms with Crippen LogP contribution in [0.15, 0.2) is 30.3 Å². The number of carbonyl (C=O) groups is 1. The number of alkyl halides is 3. The van der Waals surface area contributed by atoms with Crippen molar-refractivity contribution < 1.29 is 35.9 Å². The van der Waals surface area contributed by atoms with E-state index in [2.05, 4.69) is 10.3 Å². The average Bonchev–Trinajstić information content (AvgIpc) is 2.74. The Morgan fingerprint density at radius 1 is 1.31 bits per heavy atom. The smallest absolute Gasteiger partial charge is 0.433 e. The van der Waals surface area contributed by atoms with Crippen molar-refractivity contribution in [2.24, 2.45) is 0 Å². The Kier molecular flexibility index (Phi) is 8.56. The van der Waals surface area contributed by atoms with Crippen molar-refractivity contribution in [3.63, 3.8) is 0 Å². The number of aromatic nitrogens is 1. The van der Waals surface area contributed by atoms with E-state index in [1.165, 1.54) is 32.2 Å². The second-order valence-corrected chi connectivity index (χ2v) is 7.85. The molecule has 32 heavy (non-hydrogen) atoms. The Hall–Kier alpha value is -2.73. The van der Waals surface area contributed by atoms with Gasteiger partial charge in [-0.3, -0.25) is 9.00 Å². The topological polar surface area (TPSA) is 94.6 Å². The monoisotopic (exact) mass is 476 g/mol. The van der Waals surface area contributed by atoms with E-state index in [4.69, 9.17) is 4.74 Å². The Morgan fingerprint density at radius 3 is 2.56 bits per heavy atom. The van der Waals surface area contributed by atoms with Crippen molar-refractivity contribution in [3.8, 4) is 5.88 Å². The molecule has 12 heteroatoms. The number of carbonyl (C=O) groups excluding carboxylic acids is 1. The van der Waals surface area contributed by atoms with Crippen LogP contribution in [-0.4, -0.2) is 33.3 Å². The molecule has 2 rings (SSSR count). The maximum Gasteiger partial charge on any atom is 0.433 e. The van der Waals surface area contributed by atoms with Gasteiger partial charge in [0.2, 0.25) is 11.8 Å². The SMILES string of the molecule is CCCOc1nc(C(F)(F)F)ccc1CNC(=O)C(C)c1ccc(N(C)S(=O)[O-])c(F)c1. The van der Waals surface area contributed by atoms with E-state index in [1.807, 2.05) is 0 Å². The molecule has 1 aromatic heterocycles. The first-order valence-corrected chi connectivity index (χ1v) is 10.6. The molecule has 1 heterocycles. The number of rotatable bonds is 9. The van der Waals surface area contributed by atoms with Gasteiger partial charge in [-0.2, -0.15) is 13.2 Å². The lowest BCUT2D eigenvalue weighted by Gasteiger charge is -2.22. The van der Waals surface area contributed by atoms with Crippen LogP contribution in [0, 0.1) is 5.82 Å². The largest absolute Gasteiger partial charge is 0.755 e. The number of hydrogen-bond donors (Lipinski definition) is 1. The van der Waals surface area contributed by atoms with Crippen molar-refractivity contribution in [2.45, 2.75) is 38.9 Å². The van der Waals surface area contributed by atoms with Gasteiger partial charge in [0.1, 0.15) is 11.5 Å². The lowest BCUT2D eigenvalue weighted by molar-refractivity contribution is -0.141. The Labute approximate surface area is 185 Å². The fourth-order valence-electron chi connectivity index (χ4n) is 2.70. The van der Waals surface area contributed by atoms with Crippen molar-refractivity contribution in [3.05, 3.63) is 53.0 Å². The summed E-state index contributed by atoms with van der Waals surface area (Å²) in [6.07, 6.45) is -4.08. The van der Waals surface area contributed by atoms with E-state index in [9.17, 15) is 31.1 Å². The molecule has 0 saturated heterocycles. The molecule has 7 nitrogen and oxygen atoms in total. The first-order chi connectivity index (χ1) is 15.0. The van der Waals surface area contributed by atoms with Gasteiger partial charge in [0, 0.05) is 30.4 Å². The Balaban J connectivity index is 2.14. The number of amides is 1. The predicted octanol–water partition coefficient (Wildman–Crippen LogP) is 3.68. The van der Waals surface area contributed by atoms with Crippen LogP contribution in [0.2, 0.25) is 0 Å². The minimum absolute atomic E-state index is 0.147. The molecule has 1 amide bonds. The Morgan fingerprint density at radius 2 is 2.00 bits per heavy atom. The fourth-order valence-corrected chi connectivity index (χ4v) is 3.01. The lowest BCUT2D eigenvalue weighted by Crippen LogP contribution is -2.28. The van der Waals surface area contributed by atoms with Gasteiger partial charge in [-0.05, 0) is 43.2 Å². The highest BCUT2D eigenvalue weighted by Crippen LogP contribution is 2.30. The number of halogens is 4. The van der Waals surface area contributed by atoms with Crippen LogP contribution in [0.5, 0.6) is 5.88 Å². The van der Waals surface area contributed by atoms with Crippen molar-refractivity contribution in [1.82, 2.24) is 10.3 Å². The number of anilines is 1. The summed E-state index contributed by atoms with van der Waals surface area (Å²) in [5, 5.41) is 2.58. The molecular weight excluding hydrogens is 454 g/mol. The van der Waals surface area contributed by atoms with Crippen molar-refractivity contribution >= 4 is 22.9 Å². The molecule has 0 aliphatic carbocycles. The first-order valence-electron chi connectivity index (χ1n) is 9.55. The number of ether oxygens (including phenoxy) is 1. The van der Waals surface area contributed by atoms with Crippen LogP contribution < -0.4 is 14.4 Å². The molecule has 0 spiro atoms. The molecule has 0 fully saturated rings. The van der Waals surface area contributed by atoms with E-state index in [-0.39, 0.29) is 30.3 Å². The fraction of sp³-hybridized carbons (Fsp3) is 0.400. The summed E-state index contributed by atoms with van der Waals surface area (Å²) in [6, 6.07) is 5.69. The number of nitrogens with one attached hydrogen (secondary N) is 1. The molecule has 176 valence electrons. The van der Waals surface area contributed by atoms with Crippen LogP contribution in [0.25, 0.3) is 0 Å². The maximum atomic E-state index is 14.3. The van der Waals surface area contributed by atoms with Gasteiger partial charge in [-0.15, -0.1) is 0 Å². The molecular formula is C20H22F4N3O4S-. The van der Waals surface area contributed by atoms with E-state index in [0.717, 1.165) is 12.1 Å². The summed E-state index contributed by atoms with van der Waals surface area (Å²) in [6.45, 7) is 3.30. The zero-order valence-corrected chi connectivity index (χ0v) is 18.3. The van der Waals surface area contributed by atoms with Crippen LogP contribution in [0.3, 0.4) is 0 Å². The van der Waals surface area contributed by atoms with Crippen LogP contribution in [0.4, 0.5) is 23.2 Å². The molecule has 2 unspecified atom stereocenters. The third-order valence-corrected chi connectivity index (χ3v) is 5.20. The van der Waals surface area contributed by atoms with Gasteiger partial charge >= 0.3 is 6.18 Å². The zero-order chi connectivity index (χ0) is 24.1. The average molecular weight is 476 g/mol. The van der Waals surface area contributed by atoms with Gasteiger partial charge in [0.25, 0.3) is 0 Å². The first kappa shape index (κ1) is 25.5. The lowest BCUT2D eigenvalue weighted by atomic mass is 9.99. The summed E-state index contributed by atoms with van der Waals surface area (Å²) < 4.78 is 81.0. The third kappa shape index (κ3) is 6.39. The van der Waals surface area contributed by atoms with Crippen molar-refractivity contribution in [2.75, 3.05) is 18.0 Å². The summed E-state index contributed by atoms with van der Waals surface area (Å²) >= 11 is -2.66. The molecule has 0 bridgehead atoms. The normalized spacial score (nSPS) is 13.4. The molecule has 0 aliphatic heterocycles. The standard InChI is InChI=1S/C20H23F4N3O4S/c1-4-9-31-19-14(6-8-17(26-19)20(22,23)24)11-25-18(28)12(2)13-5-7-16(15(21)10-13)27(3)32(29)30/h5-8,10,12H,4,9,11H2,1-3H3,(H,25,28)(H,29,30)/p-1. The highest BCUT2D eigenvalue weighted by atomic mass is 32.2. The van der Waals surface area contributed by atoms with Gasteiger partial charge in [0.15, 0.2) is 0 Å². The maximum absolute atomic E-state index is 14.3. The van der Waals surface area contributed by atoms with Gasteiger partial charge < -0.3 is 18.9 Å². The van der Waals surface area contributed by atoms with E-state index < -0.39 is 40.8 Å². The minimum atomic E-state index is -4.64. The van der Waals surface area contributed by atoms with E-state index >= 15 is 0 Å². The molecule has 1 aromatic carbocycles. The second-order valence-electron chi connectivity index (χ2n) is 6.87. The highest BCUT2D eigenvalue weighted by Gasteiger charge is 2.33. The number of hydrogen-bond acceptors (Lipinski definition) is 5. The number of benzene rings is 1. The zero-order valence-electron chi connectivity index (χ0n) is 17.5. The van der Waals surface area contributed by atoms with Crippen LogP contribution >= 0.6 is 0 Å². The summed E-state index contributed by atoms with van der Waals surface area (Å²) in [7, 11) is 1.17. The second kappa shape index (κ2) is 10.7. The molecule has 2 aromatic rings. The number of pyridine rings is 1. The molecule has 2 atom stereocenters. The summed E-state index contributed by atoms with van der Waals surface area (Å²) in [4.78, 5) is 16.0. The van der Waals surface area contributed by atoms with Crippen LogP contribution in [0.1, 0.15) is 43.0 Å². The van der Waals surface area contributed by atoms with Crippen molar-refractivity contribution in [1.29, 1.82) is 0 Å². The molecule has 0 aliphatic rings. The Bertz CT molecular complexity index is 988. The summed E-state index contributed by atoms with van der Waals surface area (Å²) in [5.41, 5.74) is -0.732.